The van der Waals surface area contributed by atoms with E-state index in [4.69, 9.17) is 4.98 Å². The molecule has 0 amide bonds. The molecule has 0 saturated carbocycles. The van der Waals surface area contributed by atoms with E-state index in [1.807, 2.05) is 31.4 Å². The van der Waals surface area contributed by atoms with Crippen LogP contribution < -0.4 is 0 Å². The minimum absolute atomic E-state index is 0.784. The van der Waals surface area contributed by atoms with Gasteiger partial charge in [0.25, 0.3) is 0 Å². The predicted octanol–water partition coefficient (Wildman–Crippen LogP) is 3.15. The third kappa shape index (κ3) is 2.09. The fraction of sp³-hybridized carbons (Fsp3) is 0.0667. The smallest absolute Gasteiger partial charge is 0.131 e. The van der Waals surface area contributed by atoms with Crippen LogP contribution in [0.2, 0.25) is 0 Å². The molecule has 4 aromatic heterocycles. The molecule has 0 aromatic carbocycles. The Balaban J connectivity index is 1.90. The van der Waals surface area contributed by atoms with E-state index in [1.54, 1.807) is 28.4 Å². The van der Waals surface area contributed by atoms with Crippen LogP contribution in [-0.4, -0.2) is 25.0 Å². The fourth-order valence-corrected chi connectivity index (χ4v) is 3.16. The molecule has 4 aromatic rings. The largest absolute Gasteiger partial charge is 0.265 e. The van der Waals surface area contributed by atoms with E-state index in [9.17, 15) is 0 Å². The van der Waals surface area contributed by atoms with Crippen molar-refractivity contribution in [3.63, 3.8) is 0 Å². The van der Waals surface area contributed by atoms with Gasteiger partial charge in [0.15, 0.2) is 0 Å². The second kappa shape index (κ2) is 4.75. The van der Waals surface area contributed by atoms with Gasteiger partial charge in [-0.05, 0) is 29.8 Å². The number of rotatable bonds is 2. The lowest BCUT2D eigenvalue weighted by molar-refractivity contribution is 0.715. The van der Waals surface area contributed by atoms with Crippen molar-refractivity contribution in [2.24, 2.45) is 7.05 Å². The summed E-state index contributed by atoms with van der Waals surface area (Å²) in [5.74, 6) is 0. The van der Waals surface area contributed by atoms with Gasteiger partial charge in [-0.1, -0.05) is 5.21 Å². The lowest BCUT2D eigenvalue weighted by Gasteiger charge is -2.00. The quantitative estimate of drug-likeness (QED) is 0.569. The van der Waals surface area contributed by atoms with E-state index >= 15 is 0 Å². The number of hydrogen-bond acceptors (Lipinski definition) is 5. The third-order valence-electron chi connectivity index (χ3n) is 3.27. The molecule has 102 valence electrons. The van der Waals surface area contributed by atoms with Crippen LogP contribution in [0.25, 0.3) is 32.7 Å². The van der Waals surface area contributed by atoms with Crippen molar-refractivity contribution in [2.75, 3.05) is 0 Å². The molecule has 0 radical (unpaired) electrons. The van der Waals surface area contributed by atoms with Gasteiger partial charge in [0.1, 0.15) is 5.69 Å². The summed E-state index contributed by atoms with van der Waals surface area (Å²) in [5, 5.41) is 10.2. The van der Waals surface area contributed by atoms with Crippen molar-refractivity contribution in [1.29, 1.82) is 0 Å². The maximum absolute atomic E-state index is 4.77. The number of aromatic nitrogens is 5. The van der Waals surface area contributed by atoms with E-state index in [-0.39, 0.29) is 0 Å². The Morgan fingerprint density at radius 3 is 2.67 bits per heavy atom. The van der Waals surface area contributed by atoms with Gasteiger partial charge in [-0.3, -0.25) is 9.67 Å². The third-order valence-corrected chi connectivity index (χ3v) is 4.21. The van der Waals surface area contributed by atoms with Gasteiger partial charge in [0, 0.05) is 30.4 Å². The Kier molecular flexibility index (Phi) is 2.75. The first-order chi connectivity index (χ1) is 10.3. The first-order valence-corrected chi connectivity index (χ1v) is 7.34. The molecule has 0 bridgehead atoms. The molecule has 0 spiro atoms. The summed E-state index contributed by atoms with van der Waals surface area (Å²) in [6, 6.07) is 8.07. The second-order valence-corrected chi connectivity index (χ2v) is 5.62. The number of aryl methyl sites for hydroxylation is 1. The van der Waals surface area contributed by atoms with Gasteiger partial charge in [-0.25, -0.2) is 4.98 Å². The maximum Gasteiger partial charge on any atom is 0.131 e. The van der Waals surface area contributed by atoms with E-state index in [0.717, 1.165) is 32.7 Å². The summed E-state index contributed by atoms with van der Waals surface area (Å²) in [7, 11) is 1.85. The Morgan fingerprint density at radius 2 is 1.90 bits per heavy atom. The highest BCUT2D eigenvalue weighted by molar-refractivity contribution is 7.17. The first-order valence-electron chi connectivity index (χ1n) is 6.46. The maximum atomic E-state index is 4.77. The highest BCUT2D eigenvalue weighted by atomic mass is 32.1. The lowest BCUT2D eigenvalue weighted by Crippen LogP contribution is -1.85. The molecule has 0 atom stereocenters. The van der Waals surface area contributed by atoms with Crippen molar-refractivity contribution in [1.82, 2.24) is 25.0 Å². The van der Waals surface area contributed by atoms with Crippen molar-refractivity contribution >= 4 is 21.6 Å². The highest BCUT2D eigenvalue weighted by Crippen LogP contribution is 2.33. The Hall–Kier alpha value is -2.60. The molecule has 4 rings (SSSR count). The van der Waals surface area contributed by atoms with Crippen molar-refractivity contribution < 1.29 is 0 Å². The SMILES string of the molecule is Cn1cc(-c2ccc3scc(-c4ccncc4)c3n2)nn1. The van der Waals surface area contributed by atoms with E-state index in [0.29, 0.717) is 0 Å². The van der Waals surface area contributed by atoms with E-state index in [1.165, 1.54) is 0 Å². The molecular formula is C15H11N5S. The highest BCUT2D eigenvalue weighted by Gasteiger charge is 2.11. The molecule has 0 N–H and O–H groups in total. The van der Waals surface area contributed by atoms with Gasteiger partial charge in [0.2, 0.25) is 0 Å². The van der Waals surface area contributed by atoms with Gasteiger partial charge >= 0.3 is 0 Å². The van der Waals surface area contributed by atoms with Gasteiger partial charge in [-0.15, -0.1) is 16.4 Å². The zero-order valence-corrected chi connectivity index (χ0v) is 12.1. The number of thiophene rings is 1. The Labute approximate surface area is 124 Å². The Morgan fingerprint density at radius 1 is 1.05 bits per heavy atom. The molecule has 5 nitrogen and oxygen atoms in total. The molecule has 21 heavy (non-hydrogen) atoms. The zero-order chi connectivity index (χ0) is 14.2. The van der Waals surface area contributed by atoms with Crippen LogP contribution in [0.4, 0.5) is 0 Å². The summed E-state index contributed by atoms with van der Waals surface area (Å²) < 4.78 is 2.84. The second-order valence-electron chi connectivity index (χ2n) is 4.71. The van der Waals surface area contributed by atoms with Crippen LogP contribution in [0.3, 0.4) is 0 Å². The zero-order valence-electron chi connectivity index (χ0n) is 11.3. The molecule has 0 saturated heterocycles. The monoisotopic (exact) mass is 293 g/mol. The van der Waals surface area contributed by atoms with E-state index < -0.39 is 0 Å². The van der Waals surface area contributed by atoms with Crippen molar-refractivity contribution in [3.05, 3.63) is 48.2 Å². The van der Waals surface area contributed by atoms with Crippen LogP contribution in [0.1, 0.15) is 0 Å². The number of nitrogens with zero attached hydrogens (tertiary/aromatic N) is 5. The summed E-state index contributed by atoms with van der Waals surface area (Å²) in [5.41, 5.74) is 4.87. The minimum Gasteiger partial charge on any atom is -0.265 e. The molecule has 0 aliphatic rings. The topological polar surface area (TPSA) is 56.5 Å². The van der Waals surface area contributed by atoms with Crippen LogP contribution in [0, 0.1) is 0 Å². The van der Waals surface area contributed by atoms with Crippen molar-refractivity contribution in [2.45, 2.75) is 0 Å². The number of pyridine rings is 2. The normalized spacial score (nSPS) is 11.1. The lowest BCUT2D eigenvalue weighted by atomic mass is 10.1. The average molecular weight is 293 g/mol. The van der Waals surface area contributed by atoms with Gasteiger partial charge < -0.3 is 0 Å². The summed E-state index contributed by atoms with van der Waals surface area (Å²) in [6.45, 7) is 0. The molecule has 0 fully saturated rings. The number of hydrogen-bond donors (Lipinski definition) is 0. The van der Waals surface area contributed by atoms with Crippen LogP contribution in [0.15, 0.2) is 48.2 Å². The van der Waals surface area contributed by atoms with Crippen LogP contribution in [-0.2, 0) is 7.05 Å². The van der Waals surface area contributed by atoms with Gasteiger partial charge in [0.05, 0.1) is 22.1 Å². The molecule has 4 heterocycles. The standard InChI is InChI=1S/C15H11N5S/c1-20-8-13(18-19-20)12-2-3-14-15(17-12)11(9-21-14)10-4-6-16-7-5-10/h2-9H,1H3. The molecule has 0 unspecified atom stereocenters. The van der Waals surface area contributed by atoms with Crippen LogP contribution in [0.5, 0.6) is 0 Å². The molecule has 0 aliphatic carbocycles. The Bertz CT molecular complexity index is 910. The molecular weight excluding hydrogens is 282 g/mol. The predicted molar refractivity (Wildman–Crippen MR) is 82.8 cm³/mol. The summed E-state index contributed by atoms with van der Waals surface area (Å²) in [4.78, 5) is 8.83. The van der Waals surface area contributed by atoms with Crippen molar-refractivity contribution in [3.8, 4) is 22.5 Å². The summed E-state index contributed by atoms with van der Waals surface area (Å²) >= 11 is 1.69. The first kappa shape index (κ1) is 12.2. The minimum atomic E-state index is 0.784. The molecule has 6 heteroatoms. The molecule has 0 aliphatic heterocycles. The van der Waals surface area contributed by atoms with Gasteiger partial charge in [-0.2, -0.15) is 0 Å². The number of fused-ring (bicyclic) bond motifs is 1. The average Bonchev–Trinajstić information content (AvgIpc) is 3.13. The summed E-state index contributed by atoms with van der Waals surface area (Å²) in [6.07, 6.45) is 5.46. The fourth-order valence-electron chi connectivity index (χ4n) is 2.26. The van der Waals surface area contributed by atoms with E-state index in [2.05, 4.69) is 26.7 Å². The van der Waals surface area contributed by atoms with Crippen LogP contribution >= 0.6 is 11.3 Å².